The normalized spacial score (nSPS) is 17.3. The molecule has 3 aromatic carbocycles. The van der Waals surface area contributed by atoms with Gasteiger partial charge in [-0.1, -0.05) is 66.7 Å². The van der Waals surface area contributed by atoms with E-state index in [1.807, 2.05) is 54.6 Å². The van der Waals surface area contributed by atoms with E-state index < -0.39 is 5.60 Å². The molecule has 1 N–H and O–H groups in total. The summed E-state index contributed by atoms with van der Waals surface area (Å²) < 4.78 is 29.6. The SMILES string of the molecule is COc1cccc(OC)c1OCCNCC1OCCOC1(c1ccccc1)c1ccccc1. The molecule has 174 valence electrons. The molecule has 0 aliphatic carbocycles. The van der Waals surface area contributed by atoms with E-state index in [0.29, 0.717) is 50.2 Å². The van der Waals surface area contributed by atoms with Crippen molar-refractivity contribution >= 4 is 0 Å². The fraction of sp³-hybridized carbons (Fsp3) is 0.333. The Kier molecular flexibility index (Phi) is 7.83. The van der Waals surface area contributed by atoms with E-state index in [-0.39, 0.29) is 6.10 Å². The first-order chi connectivity index (χ1) is 16.3. The standard InChI is InChI=1S/C27H31NO5/c1-29-23-14-9-15-24(30-2)26(23)32-17-16-28-20-25-27(33-19-18-31-25,21-10-5-3-6-11-21)22-12-7-4-8-13-22/h3-15,25,28H,16-20H2,1-2H3. The molecule has 1 atom stereocenters. The van der Waals surface area contributed by atoms with E-state index >= 15 is 0 Å². The van der Waals surface area contributed by atoms with E-state index in [1.165, 1.54) is 0 Å². The lowest BCUT2D eigenvalue weighted by Crippen LogP contribution is -2.53. The van der Waals surface area contributed by atoms with E-state index in [9.17, 15) is 0 Å². The summed E-state index contributed by atoms with van der Waals surface area (Å²) in [6.07, 6.45) is -0.197. The Bertz CT molecular complexity index is 934. The second-order valence-corrected chi connectivity index (χ2v) is 7.72. The fourth-order valence-electron chi connectivity index (χ4n) is 4.30. The van der Waals surface area contributed by atoms with Crippen molar-refractivity contribution in [3.63, 3.8) is 0 Å². The Balaban J connectivity index is 1.46. The number of nitrogens with one attached hydrogen (secondary N) is 1. The number of hydrogen-bond acceptors (Lipinski definition) is 6. The third kappa shape index (κ3) is 4.98. The van der Waals surface area contributed by atoms with Crippen LogP contribution >= 0.6 is 0 Å². The van der Waals surface area contributed by atoms with Gasteiger partial charge in [-0.25, -0.2) is 0 Å². The molecule has 0 amide bonds. The molecular weight excluding hydrogens is 418 g/mol. The first kappa shape index (κ1) is 23.1. The minimum atomic E-state index is -0.680. The molecule has 1 heterocycles. The Morgan fingerprint density at radius 3 is 2.00 bits per heavy atom. The molecule has 6 heteroatoms. The van der Waals surface area contributed by atoms with Gasteiger partial charge in [-0.05, 0) is 23.3 Å². The van der Waals surface area contributed by atoms with Crippen molar-refractivity contribution < 1.29 is 23.7 Å². The summed E-state index contributed by atoms with van der Waals surface area (Å²) >= 11 is 0. The van der Waals surface area contributed by atoms with Crippen molar-refractivity contribution in [1.29, 1.82) is 0 Å². The molecule has 1 aliphatic heterocycles. The number of hydrogen-bond donors (Lipinski definition) is 1. The molecule has 0 radical (unpaired) electrons. The van der Waals surface area contributed by atoms with Gasteiger partial charge in [-0.3, -0.25) is 0 Å². The molecule has 0 spiro atoms. The summed E-state index contributed by atoms with van der Waals surface area (Å²) in [7, 11) is 3.24. The minimum absolute atomic E-state index is 0.197. The highest BCUT2D eigenvalue weighted by atomic mass is 16.6. The zero-order chi connectivity index (χ0) is 22.9. The van der Waals surface area contributed by atoms with Crippen LogP contribution in [0.4, 0.5) is 0 Å². The Morgan fingerprint density at radius 2 is 1.42 bits per heavy atom. The maximum atomic E-state index is 6.51. The van der Waals surface area contributed by atoms with Gasteiger partial charge in [0.2, 0.25) is 5.75 Å². The third-order valence-electron chi connectivity index (χ3n) is 5.83. The summed E-state index contributed by atoms with van der Waals surface area (Å²) in [6.45, 7) is 2.78. The quantitative estimate of drug-likeness (QED) is 0.472. The number of ether oxygens (including phenoxy) is 5. The van der Waals surface area contributed by atoms with Crippen molar-refractivity contribution in [3.8, 4) is 17.2 Å². The van der Waals surface area contributed by atoms with Crippen LogP contribution in [0, 0.1) is 0 Å². The largest absolute Gasteiger partial charge is 0.493 e. The van der Waals surface area contributed by atoms with Gasteiger partial charge in [0, 0.05) is 13.1 Å². The van der Waals surface area contributed by atoms with Crippen molar-refractivity contribution in [2.24, 2.45) is 0 Å². The van der Waals surface area contributed by atoms with E-state index in [0.717, 1.165) is 11.1 Å². The summed E-state index contributed by atoms with van der Waals surface area (Å²) in [5, 5.41) is 3.48. The maximum absolute atomic E-state index is 6.51. The van der Waals surface area contributed by atoms with Gasteiger partial charge in [-0.15, -0.1) is 0 Å². The molecular formula is C27H31NO5. The lowest BCUT2D eigenvalue weighted by atomic mass is 9.80. The van der Waals surface area contributed by atoms with Crippen molar-refractivity contribution in [2.45, 2.75) is 11.7 Å². The van der Waals surface area contributed by atoms with Gasteiger partial charge >= 0.3 is 0 Å². The zero-order valence-electron chi connectivity index (χ0n) is 19.2. The van der Waals surface area contributed by atoms with Crippen LogP contribution in [0.15, 0.2) is 78.9 Å². The first-order valence-electron chi connectivity index (χ1n) is 11.2. The van der Waals surface area contributed by atoms with Crippen LogP contribution < -0.4 is 19.5 Å². The topological polar surface area (TPSA) is 58.2 Å². The van der Waals surface area contributed by atoms with Crippen LogP contribution in [0.5, 0.6) is 17.2 Å². The summed E-state index contributed by atoms with van der Waals surface area (Å²) in [6, 6.07) is 26.2. The van der Waals surface area contributed by atoms with Crippen molar-refractivity contribution in [1.82, 2.24) is 5.32 Å². The second kappa shape index (κ2) is 11.2. The maximum Gasteiger partial charge on any atom is 0.203 e. The van der Waals surface area contributed by atoms with Gasteiger partial charge in [0.15, 0.2) is 11.5 Å². The predicted molar refractivity (Wildman–Crippen MR) is 127 cm³/mol. The molecule has 6 nitrogen and oxygen atoms in total. The van der Waals surface area contributed by atoms with Gasteiger partial charge in [0.05, 0.1) is 27.4 Å². The molecule has 1 saturated heterocycles. The van der Waals surface area contributed by atoms with Gasteiger partial charge in [0.1, 0.15) is 18.3 Å². The van der Waals surface area contributed by atoms with Crippen LogP contribution in [-0.2, 0) is 15.1 Å². The highest BCUT2D eigenvalue weighted by molar-refractivity contribution is 5.51. The van der Waals surface area contributed by atoms with Gasteiger partial charge < -0.3 is 29.0 Å². The highest BCUT2D eigenvalue weighted by Crippen LogP contribution is 2.40. The van der Waals surface area contributed by atoms with Gasteiger partial charge in [0.25, 0.3) is 0 Å². The minimum Gasteiger partial charge on any atom is -0.493 e. The van der Waals surface area contributed by atoms with Crippen LogP contribution in [0.25, 0.3) is 0 Å². The first-order valence-corrected chi connectivity index (χ1v) is 11.2. The van der Waals surface area contributed by atoms with Crippen molar-refractivity contribution in [2.75, 3.05) is 47.1 Å². The second-order valence-electron chi connectivity index (χ2n) is 7.72. The van der Waals surface area contributed by atoms with Crippen LogP contribution in [-0.4, -0.2) is 53.2 Å². The molecule has 33 heavy (non-hydrogen) atoms. The van der Waals surface area contributed by atoms with Crippen LogP contribution in [0.3, 0.4) is 0 Å². The molecule has 1 aliphatic rings. The smallest absolute Gasteiger partial charge is 0.203 e. The molecule has 1 unspecified atom stereocenters. The zero-order valence-corrected chi connectivity index (χ0v) is 19.2. The lowest BCUT2D eigenvalue weighted by Gasteiger charge is -2.44. The predicted octanol–water partition coefficient (Wildman–Crippen LogP) is 4.03. The number of rotatable bonds is 10. The Hall–Kier alpha value is -3.06. The molecule has 0 aromatic heterocycles. The van der Waals surface area contributed by atoms with Crippen LogP contribution in [0.1, 0.15) is 11.1 Å². The Labute approximate surface area is 195 Å². The molecule has 1 fully saturated rings. The summed E-state index contributed by atoms with van der Waals surface area (Å²) in [5.41, 5.74) is 1.48. The molecule has 4 rings (SSSR count). The summed E-state index contributed by atoms with van der Waals surface area (Å²) in [4.78, 5) is 0. The van der Waals surface area contributed by atoms with Crippen LogP contribution in [0.2, 0.25) is 0 Å². The average Bonchev–Trinajstić information content (AvgIpc) is 2.89. The van der Waals surface area contributed by atoms with E-state index in [2.05, 4.69) is 29.6 Å². The number of methoxy groups -OCH3 is 2. The van der Waals surface area contributed by atoms with E-state index in [1.54, 1.807) is 14.2 Å². The molecule has 3 aromatic rings. The van der Waals surface area contributed by atoms with Crippen molar-refractivity contribution in [3.05, 3.63) is 90.0 Å². The third-order valence-corrected chi connectivity index (χ3v) is 5.83. The fourth-order valence-corrected chi connectivity index (χ4v) is 4.30. The lowest BCUT2D eigenvalue weighted by molar-refractivity contribution is -0.187. The monoisotopic (exact) mass is 449 g/mol. The number of benzene rings is 3. The molecule has 0 bridgehead atoms. The molecule has 0 saturated carbocycles. The highest BCUT2D eigenvalue weighted by Gasteiger charge is 2.46. The summed E-state index contributed by atoms with van der Waals surface area (Å²) in [5.74, 6) is 1.89. The number of para-hydroxylation sites is 1. The average molecular weight is 450 g/mol. The van der Waals surface area contributed by atoms with E-state index in [4.69, 9.17) is 23.7 Å². The van der Waals surface area contributed by atoms with Gasteiger partial charge in [-0.2, -0.15) is 0 Å². The Morgan fingerprint density at radius 1 is 0.818 bits per heavy atom.